The molecule has 0 aliphatic carbocycles. The maximum absolute atomic E-state index is 6.40. The van der Waals surface area contributed by atoms with Gasteiger partial charge in [-0.05, 0) is 30.2 Å². The highest BCUT2D eigenvalue weighted by Crippen LogP contribution is 2.34. The molecular formula is C17H24ClNO. The fourth-order valence-electron chi connectivity index (χ4n) is 2.51. The molecule has 0 spiro atoms. The third kappa shape index (κ3) is 3.65. The average molecular weight is 294 g/mol. The lowest BCUT2D eigenvalue weighted by Gasteiger charge is -2.19. The maximum Gasteiger partial charge on any atom is 0.124 e. The number of rotatable bonds is 6. The van der Waals surface area contributed by atoms with Crippen LogP contribution in [0.1, 0.15) is 44.7 Å². The van der Waals surface area contributed by atoms with Gasteiger partial charge < -0.3 is 10.5 Å². The smallest absolute Gasteiger partial charge is 0.124 e. The van der Waals surface area contributed by atoms with Crippen molar-refractivity contribution in [2.45, 2.75) is 39.2 Å². The van der Waals surface area contributed by atoms with E-state index in [1.54, 1.807) is 0 Å². The van der Waals surface area contributed by atoms with Gasteiger partial charge in [-0.2, -0.15) is 0 Å². The summed E-state index contributed by atoms with van der Waals surface area (Å²) in [5, 5.41) is 2.45. The van der Waals surface area contributed by atoms with Crippen molar-refractivity contribution in [3.05, 3.63) is 42.0 Å². The van der Waals surface area contributed by atoms with Crippen molar-refractivity contribution >= 4 is 23.2 Å². The first-order valence-corrected chi connectivity index (χ1v) is 7.18. The number of nitrogens with two attached hydrogens (primary N) is 1. The normalized spacial score (nSPS) is 11.9. The molecule has 1 atom stereocenters. The summed E-state index contributed by atoms with van der Waals surface area (Å²) in [4.78, 5) is 0. The van der Waals surface area contributed by atoms with E-state index in [1.165, 1.54) is 17.2 Å². The summed E-state index contributed by atoms with van der Waals surface area (Å²) < 4.78 is 5.77. The van der Waals surface area contributed by atoms with Crippen LogP contribution in [0, 0.1) is 0 Å². The molecule has 0 saturated carbocycles. The molecule has 0 heterocycles. The first kappa shape index (κ1) is 16.8. The highest BCUT2D eigenvalue weighted by Gasteiger charge is 2.15. The Bertz CT molecular complexity index is 542. The summed E-state index contributed by atoms with van der Waals surface area (Å²) in [6, 6.07) is 12.6. The summed E-state index contributed by atoms with van der Waals surface area (Å²) >= 11 is 0. The lowest BCUT2D eigenvalue weighted by atomic mass is 9.95. The highest BCUT2D eigenvalue weighted by atomic mass is 35.5. The zero-order valence-corrected chi connectivity index (χ0v) is 13.1. The minimum atomic E-state index is 0. The van der Waals surface area contributed by atoms with Crippen LogP contribution in [0.2, 0.25) is 0 Å². The van der Waals surface area contributed by atoms with Crippen LogP contribution in [0.4, 0.5) is 0 Å². The van der Waals surface area contributed by atoms with E-state index in [2.05, 4.69) is 37.3 Å². The number of hydrogen-bond donors (Lipinski definition) is 1. The van der Waals surface area contributed by atoms with Crippen molar-refractivity contribution in [3.63, 3.8) is 0 Å². The third-order valence-electron chi connectivity index (χ3n) is 3.47. The van der Waals surface area contributed by atoms with Crippen LogP contribution in [-0.4, -0.2) is 6.61 Å². The average Bonchev–Trinajstić information content (AvgIpc) is 2.45. The van der Waals surface area contributed by atoms with Crippen LogP contribution in [-0.2, 0) is 0 Å². The van der Waals surface area contributed by atoms with Gasteiger partial charge in [-0.25, -0.2) is 0 Å². The number of halogens is 1. The Kier molecular flexibility index (Phi) is 6.83. The maximum atomic E-state index is 6.40. The van der Waals surface area contributed by atoms with E-state index in [1.807, 2.05) is 13.0 Å². The van der Waals surface area contributed by atoms with Crippen molar-refractivity contribution in [1.29, 1.82) is 0 Å². The summed E-state index contributed by atoms with van der Waals surface area (Å²) in [6.45, 7) is 4.88. The number of benzene rings is 2. The van der Waals surface area contributed by atoms with Crippen LogP contribution in [0.15, 0.2) is 36.4 Å². The molecule has 0 bridgehead atoms. The fraction of sp³-hybridized carbons (Fsp3) is 0.412. The van der Waals surface area contributed by atoms with E-state index >= 15 is 0 Å². The molecule has 0 aromatic heterocycles. The Hall–Kier alpha value is -1.25. The van der Waals surface area contributed by atoms with Gasteiger partial charge in [-0.3, -0.25) is 0 Å². The minimum Gasteiger partial charge on any atom is -0.494 e. The number of unbranched alkanes of at least 4 members (excludes halogenated alkanes) is 1. The van der Waals surface area contributed by atoms with Gasteiger partial charge in [0.2, 0.25) is 0 Å². The van der Waals surface area contributed by atoms with E-state index in [4.69, 9.17) is 10.5 Å². The molecule has 2 rings (SSSR count). The second-order valence-electron chi connectivity index (χ2n) is 4.88. The molecule has 0 aliphatic rings. The second-order valence-corrected chi connectivity index (χ2v) is 4.88. The zero-order chi connectivity index (χ0) is 13.7. The molecule has 2 N–H and O–H groups in total. The largest absolute Gasteiger partial charge is 0.494 e. The van der Waals surface area contributed by atoms with Crippen molar-refractivity contribution in [1.82, 2.24) is 0 Å². The Labute approximate surface area is 127 Å². The van der Waals surface area contributed by atoms with Gasteiger partial charge in [0.05, 0.1) is 6.61 Å². The van der Waals surface area contributed by atoms with Gasteiger partial charge in [-0.1, -0.05) is 50.1 Å². The van der Waals surface area contributed by atoms with Crippen molar-refractivity contribution < 1.29 is 4.74 Å². The number of hydrogen-bond acceptors (Lipinski definition) is 2. The lowest BCUT2D eigenvalue weighted by Crippen LogP contribution is -2.12. The van der Waals surface area contributed by atoms with Gasteiger partial charge in [0, 0.05) is 11.6 Å². The van der Waals surface area contributed by atoms with Crippen LogP contribution in [0.25, 0.3) is 10.8 Å². The quantitative estimate of drug-likeness (QED) is 0.826. The van der Waals surface area contributed by atoms with Gasteiger partial charge in [-0.15, -0.1) is 12.4 Å². The van der Waals surface area contributed by atoms with Crippen molar-refractivity contribution in [3.8, 4) is 5.75 Å². The van der Waals surface area contributed by atoms with Crippen molar-refractivity contribution in [2.24, 2.45) is 5.73 Å². The Morgan fingerprint density at radius 1 is 1.10 bits per heavy atom. The molecule has 0 unspecified atom stereocenters. The molecule has 0 amide bonds. The first-order chi connectivity index (χ1) is 9.27. The topological polar surface area (TPSA) is 35.2 Å². The molecule has 20 heavy (non-hydrogen) atoms. The van der Waals surface area contributed by atoms with Crippen LogP contribution < -0.4 is 10.5 Å². The van der Waals surface area contributed by atoms with Gasteiger partial charge in [0.15, 0.2) is 0 Å². The summed E-state index contributed by atoms with van der Waals surface area (Å²) in [5.74, 6) is 0.935. The number of fused-ring (bicyclic) bond motifs is 1. The van der Waals surface area contributed by atoms with Gasteiger partial charge in [0.1, 0.15) is 5.75 Å². The van der Waals surface area contributed by atoms with E-state index in [9.17, 15) is 0 Å². The third-order valence-corrected chi connectivity index (χ3v) is 3.47. The standard InChI is InChI=1S/C17H23NO.ClH/c1-3-5-10-15(18)17-14-9-7-6-8-13(14)11-12-16(17)19-4-2;/h6-9,11-12,15H,3-5,10,18H2,1-2H3;1H/t15-;/m0./s1. The molecule has 0 aliphatic heterocycles. The Morgan fingerprint density at radius 3 is 2.55 bits per heavy atom. The molecule has 2 aromatic carbocycles. The Balaban J connectivity index is 0.00000200. The first-order valence-electron chi connectivity index (χ1n) is 7.18. The molecule has 2 nitrogen and oxygen atoms in total. The van der Waals surface area contributed by atoms with E-state index in [0.717, 1.165) is 24.2 Å². The zero-order valence-electron chi connectivity index (χ0n) is 12.3. The van der Waals surface area contributed by atoms with E-state index in [-0.39, 0.29) is 18.4 Å². The van der Waals surface area contributed by atoms with E-state index < -0.39 is 0 Å². The fourth-order valence-corrected chi connectivity index (χ4v) is 2.51. The highest BCUT2D eigenvalue weighted by molar-refractivity contribution is 5.88. The van der Waals surface area contributed by atoms with Crippen LogP contribution in [0.3, 0.4) is 0 Å². The minimum absolute atomic E-state index is 0. The molecule has 0 fully saturated rings. The molecule has 2 aromatic rings. The SMILES string of the molecule is CCCC[C@H](N)c1c(OCC)ccc2ccccc12.Cl. The van der Waals surface area contributed by atoms with Crippen LogP contribution >= 0.6 is 12.4 Å². The molecule has 110 valence electrons. The lowest BCUT2D eigenvalue weighted by molar-refractivity contribution is 0.334. The van der Waals surface area contributed by atoms with Gasteiger partial charge >= 0.3 is 0 Å². The molecular weight excluding hydrogens is 270 g/mol. The van der Waals surface area contributed by atoms with Gasteiger partial charge in [0.25, 0.3) is 0 Å². The van der Waals surface area contributed by atoms with Crippen molar-refractivity contribution in [2.75, 3.05) is 6.61 Å². The molecule has 3 heteroatoms. The molecule has 0 saturated heterocycles. The number of ether oxygens (including phenoxy) is 1. The van der Waals surface area contributed by atoms with E-state index in [0.29, 0.717) is 6.61 Å². The Morgan fingerprint density at radius 2 is 1.85 bits per heavy atom. The summed E-state index contributed by atoms with van der Waals surface area (Å²) in [6.07, 6.45) is 3.32. The summed E-state index contributed by atoms with van der Waals surface area (Å²) in [5.41, 5.74) is 7.56. The predicted molar refractivity (Wildman–Crippen MR) is 88.8 cm³/mol. The summed E-state index contributed by atoms with van der Waals surface area (Å²) in [7, 11) is 0. The molecule has 0 radical (unpaired) electrons. The predicted octanol–water partition coefficient (Wildman–Crippen LogP) is 4.85. The van der Waals surface area contributed by atoms with Crippen LogP contribution in [0.5, 0.6) is 5.75 Å². The monoisotopic (exact) mass is 293 g/mol. The second kappa shape index (κ2) is 8.13.